The lowest BCUT2D eigenvalue weighted by Gasteiger charge is -2.29. The van der Waals surface area contributed by atoms with Crippen LogP contribution in [0.15, 0.2) is 42.9 Å². The third-order valence-corrected chi connectivity index (χ3v) is 5.46. The van der Waals surface area contributed by atoms with Gasteiger partial charge in [-0.3, -0.25) is 0 Å². The standard InChI is InChI=1S/C20H23N3O5/c1-11-14-8-9-23(18(14)22-10-21-11)19-16(25)20(2,26)17(28-19)15(24)12-4-6-13(27-3)7-5-12/h4-10,15-17,19,24-26H,1-3H3/t15-,16-,17+,19+,20-/m0/s1. The highest BCUT2D eigenvalue weighted by atomic mass is 16.6. The molecule has 1 aromatic carbocycles. The Morgan fingerprint density at radius 3 is 2.61 bits per heavy atom. The monoisotopic (exact) mass is 385 g/mol. The Bertz CT molecular complexity index is 985. The van der Waals surface area contributed by atoms with Crippen LogP contribution in [0.25, 0.3) is 11.0 Å². The minimum absolute atomic E-state index is 0.550. The predicted octanol–water partition coefficient (Wildman–Crippen LogP) is 1.49. The van der Waals surface area contributed by atoms with E-state index in [1.165, 1.54) is 13.3 Å². The van der Waals surface area contributed by atoms with E-state index in [0.29, 0.717) is 17.0 Å². The number of aryl methyl sites for hydroxylation is 1. The van der Waals surface area contributed by atoms with Gasteiger partial charge in [0.15, 0.2) is 6.23 Å². The zero-order valence-electron chi connectivity index (χ0n) is 15.9. The SMILES string of the molecule is COc1ccc([C@H](O)[C@H]2O[C@@H](n3ccc4c(C)ncnc43)[C@H](O)[C@]2(C)O)cc1. The van der Waals surface area contributed by atoms with Crippen LogP contribution < -0.4 is 4.74 Å². The molecule has 8 nitrogen and oxygen atoms in total. The molecule has 2 aromatic heterocycles. The average Bonchev–Trinajstić information content (AvgIpc) is 3.22. The molecule has 5 atom stereocenters. The van der Waals surface area contributed by atoms with Crippen molar-refractivity contribution in [2.24, 2.45) is 0 Å². The number of aromatic nitrogens is 3. The van der Waals surface area contributed by atoms with Crippen LogP contribution in [0, 0.1) is 6.92 Å². The lowest BCUT2D eigenvalue weighted by Crippen LogP contribution is -2.47. The topological polar surface area (TPSA) is 110 Å². The van der Waals surface area contributed by atoms with Crippen molar-refractivity contribution in [1.82, 2.24) is 14.5 Å². The molecule has 0 saturated carbocycles. The Labute approximate surface area is 162 Å². The molecule has 28 heavy (non-hydrogen) atoms. The summed E-state index contributed by atoms with van der Waals surface area (Å²) in [5, 5.41) is 33.4. The van der Waals surface area contributed by atoms with Gasteiger partial charge >= 0.3 is 0 Å². The zero-order valence-corrected chi connectivity index (χ0v) is 15.9. The van der Waals surface area contributed by atoms with Gasteiger partial charge in [0.25, 0.3) is 0 Å². The maximum Gasteiger partial charge on any atom is 0.164 e. The number of hydrogen-bond donors (Lipinski definition) is 3. The van der Waals surface area contributed by atoms with Crippen molar-refractivity contribution in [3.63, 3.8) is 0 Å². The molecule has 3 N–H and O–H groups in total. The molecule has 1 fully saturated rings. The maximum absolute atomic E-state index is 10.9. The third-order valence-electron chi connectivity index (χ3n) is 5.46. The molecule has 0 bridgehead atoms. The van der Waals surface area contributed by atoms with Crippen molar-refractivity contribution in [2.45, 2.75) is 44.0 Å². The molecule has 8 heteroatoms. The van der Waals surface area contributed by atoms with Crippen LogP contribution in [0.5, 0.6) is 5.75 Å². The van der Waals surface area contributed by atoms with Crippen molar-refractivity contribution >= 4 is 11.0 Å². The van der Waals surface area contributed by atoms with Gasteiger partial charge in [-0.25, -0.2) is 9.97 Å². The van der Waals surface area contributed by atoms with Crippen LogP contribution >= 0.6 is 0 Å². The zero-order chi connectivity index (χ0) is 20.1. The Balaban J connectivity index is 1.68. The number of nitrogens with zero attached hydrogens (tertiary/aromatic N) is 3. The molecule has 1 aliphatic rings. The Hall–Kier alpha value is -2.52. The van der Waals surface area contributed by atoms with Crippen LogP contribution in [0.1, 0.15) is 30.5 Å². The lowest BCUT2D eigenvalue weighted by atomic mass is 9.88. The predicted molar refractivity (Wildman–Crippen MR) is 101 cm³/mol. The fourth-order valence-electron chi connectivity index (χ4n) is 3.71. The molecule has 0 radical (unpaired) electrons. The molecule has 1 aliphatic heterocycles. The number of aliphatic hydroxyl groups is 3. The third kappa shape index (κ3) is 2.85. The van der Waals surface area contributed by atoms with Gasteiger partial charge in [-0.2, -0.15) is 0 Å². The number of methoxy groups -OCH3 is 1. The molecule has 3 aromatic rings. The molecule has 0 aliphatic carbocycles. The van der Waals surface area contributed by atoms with E-state index in [1.54, 1.807) is 42.1 Å². The summed E-state index contributed by atoms with van der Waals surface area (Å²) in [7, 11) is 1.56. The molecule has 4 rings (SSSR count). The highest BCUT2D eigenvalue weighted by Gasteiger charge is 2.55. The van der Waals surface area contributed by atoms with Gasteiger partial charge in [-0.05, 0) is 37.6 Å². The van der Waals surface area contributed by atoms with E-state index in [9.17, 15) is 15.3 Å². The molecule has 0 spiro atoms. The summed E-state index contributed by atoms with van der Waals surface area (Å²) in [6.07, 6.45) is -1.17. The van der Waals surface area contributed by atoms with Crippen molar-refractivity contribution in [2.75, 3.05) is 7.11 Å². The van der Waals surface area contributed by atoms with Crippen molar-refractivity contribution in [3.05, 3.63) is 54.1 Å². The molecular weight excluding hydrogens is 362 g/mol. The molecule has 3 heterocycles. The minimum atomic E-state index is -1.68. The Morgan fingerprint density at radius 1 is 1.21 bits per heavy atom. The highest BCUT2D eigenvalue weighted by molar-refractivity contribution is 5.78. The first-order chi connectivity index (χ1) is 13.3. The number of aliphatic hydroxyl groups excluding tert-OH is 2. The fourth-order valence-corrected chi connectivity index (χ4v) is 3.71. The summed E-state index contributed by atoms with van der Waals surface area (Å²) in [6, 6.07) is 8.67. The molecular formula is C20H23N3O5. The van der Waals surface area contributed by atoms with Gasteiger partial charge in [0.1, 0.15) is 41.6 Å². The van der Waals surface area contributed by atoms with Crippen LogP contribution in [0.4, 0.5) is 0 Å². The summed E-state index contributed by atoms with van der Waals surface area (Å²) < 4.78 is 12.8. The number of benzene rings is 1. The second kappa shape index (κ2) is 6.82. The normalized spacial score (nSPS) is 28.6. The number of fused-ring (bicyclic) bond motifs is 1. The van der Waals surface area contributed by atoms with E-state index in [1.807, 2.05) is 13.0 Å². The summed E-state index contributed by atoms with van der Waals surface area (Å²) in [5.41, 5.74) is 0.266. The van der Waals surface area contributed by atoms with Gasteiger partial charge in [-0.1, -0.05) is 12.1 Å². The lowest BCUT2D eigenvalue weighted by molar-refractivity contribution is -0.115. The summed E-state index contributed by atoms with van der Waals surface area (Å²) >= 11 is 0. The second-order valence-electron chi connectivity index (χ2n) is 7.26. The van der Waals surface area contributed by atoms with E-state index in [2.05, 4.69) is 9.97 Å². The van der Waals surface area contributed by atoms with Gasteiger partial charge in [-0.15, -0.1) is 0 Å². The van der Waals surface area contributed by atoms with Gasteiger partial charge in [0.2, 0.25) is 0 Å². The minimum Gasteiger partial charge on any atom is -0.497 e. The Morgan fingerprint density at radius 2 is 1.93 bits per heavy atom. The van der Waals surface area contributed by atoms with Crippen LogP contribution in [-0.2, 0) is 4.74 Å². The molecule has 1 saturated heterocycles. The average molecular weight is 385 g/mol. The quantitative estimate of drug-likeness (QED) is 0.624. The number of rotatable bonds is 4. The second-order valence-corrected chi connectivity index (χ2v) is 7.26. The molecule has 0 amide bonds. The Kier molecular flexibility index (Phi) is 4.59. The van der Waals surface area contributed by atoms with Crippen molar-refractivity contribution in [1.29, 1.82) is 0 Å². The van der Waals surface area contributed by atoms with Crippen LogP contribution in [0.3, 0.4) is 0 Å². The number of hydrogen-bond acceptors (Lipinski definition) is 7. The van der Waals surface area contributed by atoms with Gasteiger partial charge in [0, 0.05) is 11.6 Å². The first kappa shape index (κ1) is 18.8. The van der Waals surface area contributed by atoms with E-state index in [-0.39, 0.29) is 0 Å². The van der Waals surface area contributed by atoms with E-state index in [4.69, 9.17) is 9.47 Å². The van der Waals surface area contributed by atoms with E-state index in [0.717, 1.165) is 11.1 Å². The molecule has 148 valence electrons. The van der Waals surface area contributed by atoms with Crippen LogP contribution in [-0.4, -0.2) is 54.8 Å². The fraction of sp³-hybridized carbons (Fsp3) is 0.400. The smallest absolute Gasteiger partial charge is 0.164 e. The number of ether oxygens (including phenoxy) is 2. The summed E-state index contributed by atoms with van der Waals surface area (Å²) in [5.74, 6) is 0.654. The van der Waals surface area contributed by atoms with Crippen molar-refractivity contribution < 1.29 is 24.8 Å². The van der Waals surface area contributed by atoms with Gasteiger partial charge in [0.05, 0.1) is 12.8 Å². The maximum atomic E-state index is 10.9. The van der Waals surface area contributed by atoms with Crippen molar-refractivity contribution in [3.8, 4) is 5.75 Å². The molecule has 0 unspecified atom stereocenters. The summed E-state index contributed by atoms with van der Waals surface area (Å²) in [4.78, 5) is 8.44. The highest BCUT2D eigenvalue weighted by Crippen LogP contribution is 2.43. The van der Waals surface area contributed by atoms with Gasteiger partial charge < -0.3 is 29.4 Å². The first-order valence-corrected chi connectivity index (χ1v) is 9.00. The summed E-state index contributed by atoms with van der Waals surface area (Å²) in [6.45, 7) is 3.33. The van der Waals surface area contributed by atoms with Crippen LogP contribution in [0.2, 0.25) is 0 Å². The van der Waals surface area contributed by atoms with E-state index >= 15 is 0 Å². The largest absolute Gasteiger partial charge is 0.497 e. The first-order valence-electron chi connectivity index (χ1n) is 9.00. The van der Waals surface area contributed by atoms with E-state index < -0.39 is 30.1 Å².